The number of phenols is 3. The highest BCUT2D eigenvalue weighted by Crippen LogP contribution is 2.35. The predicted octanol–water partition coefficient (Wildman–Crippen LogP) is 1.94. The molecule has 1 aliphatic heterocycles. The van der Waals surface area contributed by atoms with Gasteiger partial charge in [-0.05, 0) is 47.5 Å². The molecular weight excluding hydrogens is 472 g/mol. The second-order valence-electron chi connectivity index (χ2n) is 8.23. The molecule has 190 valence electrons. The minimum absolute atomic E-state index is 0.0359. The van der Waals surface area contributed by atoms with Gasteiger partial charge in [-0.2, -0.15) is 0 Å². The third-order valence-corrected chi connectivity index (χ3v) is 5.53. The number of rotatable bonds is 7. The van der Waals surface area contributed by atoms with Crippen molar-refractivity contribution in [1.82, 2.24) is 0 Å². The second-order valence-corrected chi connectivity index (χ2v) is 8.23. The largest absolute Gasteiger partial charge is 0.508 e. The molecule has 0 aromatic heterocycles. The summed E-state index contributed by atoms with van der Waals surface area (Å²) in [5.74, 6) is 0.331. The zero-order chi connectivity index (χ0) is 25.8. The molecule has 3 aromatic carbocycles. The van der Waals surface area contributed by atoms with Gasteiger partial charge in [-0.15, -0.1) is 0 Å². The molecule has 0 unspecified atom stereocenters. The molecule has 0 radical (unpaired) electrons. The summed E-state index contributed by atoms with van der Waals surface area (Å²) in [5.41, 5.74) is 1.48. The van der Waals surface area contributed by atoms with Crippen LogP contribution in [-0.2, 0) is 4.74 Å². The number of phenolic OH excluding ortho intramolecular Hbond substituents is 3. The maximum Gasteiger partial charge on any atom is 0.229 e. The van der Waals surface area contributed by atoms with Crippen LogP contribution < -0.4 is 9.47 Å². The van der Waals surface area contributed by atoms with Crippen LogP contribution in [0.2, 0.25) is 0 Å². The van der Waals surface area contributed by atoms with E-state index < -0.39 is 37.3 Å². The molecule has 0 spiro atoms. The lowest BCUT2D eigenvalue weighted by Gasteiger charge is -2.39. The summed E-state index contributed by atoms with van der Waals surface area (Å²) in [7, 11) is 0. The summed E-state index contributed by atoms with van der Waals surface area (Å²) < 4.78 is 16.5. The average molecular weight is 498 g/mol. The Kier molecular flexibility index (Phi) is 7.63. The Morgan fingerprint density at radius 1 is 0.722 bits per heavy atom. The average Bonchev–Trinajstić information content (AvgIpc) is 2.85. The van der Waals surface area contributed by atoms with E-state index in [2.05, 4.69) is 0 Å². The van der Waals surface area contributed by atoms with E-state index in [1.807, 2.05) is 0 Å². The molecule has 10 nitrogen and oxygen atoms in total. The molecule has 10 heteroatoms. The molecule has 36 heavy (non-hydrogen) atoms. The van der Waals surface area contributed by atoms with Gasteiger partial charge in [0.05, 0.1) is 6.61 Å². The molecule has 0 saturated carbocycles. The highest BCUT2D eigenvalue weighted by molar-refractivity contribution is 5.71. The Hall–Kier alpha value is -3.80. The van der Waals surface area contributed by atoms with Crippen LogP contribution >= 0.6 is 0 Å². The van der Waals surface area contributed by atoms with Crippen LogP contribution in [0.3, 0.4) is 0 Å². The van der Waals surface area contributed by atoms with Crippen molar-refractivity contribution < 1.29 is 50.0 Å². The molecule has 0 aliphatic carbocycles. The van der Waals surface area contributed by atoms with Gasteiger partial charge in [0.15, 0.2) is 11.5 Å². The minimum Gasteiger partial charge on any atom is -0.508 e. The van der Waals surface area contributed by atoms with Crippen molar-refractivity contribution in [1.29, 1.82) is 0 Å². The number of benzene rings is 3. The van der Waals surface area contributed by atoms with E-state index in [0.717, 1.165) is 5.56 Å². The van der Waals surface area contributed by atoms with Crippen LogP contribution in [0.15, 0.2) is 60.7 Å². The van der Waals surface area contributed by atoms with Gasteiger partial charge in [0, 0.05) is 12.1 Å². The highest BCUT2D eigenvalue weighted by Gasteiger charge is 2.44. The molecular formula is C26H26O10. The van der Waals surface area contributed by atoms with E-state index in [1.54, 1.807) is 36.4 Å². The molecule has 3 aromatic rings. The fraction of sp³-hybridized carbons (Fsp3) is 0.231. The van der Waals surface area contributed by atoms with Gasteiger partial charge in [0.25, 0.3) is 0 Å². The first-order chi connectivity index (χ1) is 17.2. The summed E-state index contributed by atoms with van der Waals surface area (Å²) in [6.45, 7) is -0.600. The van der Waals surface area contributed by atoms with Crippen molar-refractivity contribution in [3.05, 3.63) is 71.8 Å². The lowest BCUT2D eigenvalue weighted by molar-refractivity contribution is -0.277. The Labute approximate surface area is 206 Å². The van der Waals surface area contributed by atoms with Crippen LogP contribution in [0, 0.1) is 0 Å². The summed E-state index contributed by atoms with van der Waals surface area (Å²) in [6.07, 6.45) is -3.75. The first-order valence-electron chi connectivity index (χ1n) is 11.0. The van der Waals surface area contributed by atoms with Crippen molar-refractivity contribution in [2.45, 2.75) is 30.7 Å². The zero-order valence-electron chi connectivity index (χ0n) is 18.9. The maximum atomic E-state index is 10.3. The number of aliphatic hydroxyl groups is 4. The Morgan fingerprint density at radius 2 is 1.36 bits per heavy atom. The van der Waals surface area contributed by atoms with E-state index in [9.17, 15) is 35.7 Å². The van der Waals surface area contributed by atoms with Gasteiger partial charge in [-0.1, -0.05) is 24.3 Å². The van der Waals surface area contributed by atoms with E-state index in [0.29, 0.717) is 17.1 Å². The van der Waals surface area contributed by atoms with E-state index in [1.165, 1.54) is 36.4 Å². The minimum atomic E-state index is -1.61. The topological polar surface area (TPSA) is 169 Å². The standard InChI is InChI=1S/C26H26O10/c27-13-22-23(31)24(32)25(33)26(36-22)35-21-8-7-19(12-20(21)30)34-18-5-3-14(4-6-18)1-2-15-9-16(28)11-17(29)10-15/h1-12,22-33H,13H2/b2-1+/t22-,23-,24+,25-,26-/m1/s1. The number of hydrogen-bond acceptors (Lipinski definition) is 10. The molecule has 0 amide bonds. The van der Waals surface area contributed by atoms with E-state index in [4.69, 9.17) is 14.2 Å². The molecule has 0 bridgehead atoms. The number of aromatic hydroxyl groups is 3. The monoisotopic (exact) mass is 498 g/mol. The van der Waals surface area contributed by atoms with Gasteiger partial charge < -0.3 is 50.0 Å². The number of aliphatic hydroxyl groups excluding tert-OH is 4. The fourth-order valence-electron chi connectivity index (χ4n) is 3.64. The molecule has 7 N–H and O–H groups in total. The third-order valence-electron chi connectivity index (χ3n) is 5.53. The molecule has 1 saturated heterocycles. The van der Waals surface area contributed by atoms with Crippen LogP contribution in [0.1, 0.15) is 11.1 Å². The van der Waals surface area contributed by atoms with Gasteiger partial charge >= 0.3 is 0 Å². The van der Waals surface area contributed by atoms with Gasteiger partial charge in [-0.25, -0.2) is 0 Å². The molecule has 1 aliphatic rings. The summed E-state index contributed by atoms with van der Waals surface area (Å²) in [5, 5.41) is 68.6. The number of ether oxygens (including phenoxy) is 3. The van der Waals surface area contributed by atoms with E-state index >= 15 is 0 Å². The quantitative estimate of drug-likeness (QED) is 0.239. The third kappa shape index (κ3) is 5.88. The summed E-state index contributed by atoms with van der Waals surface area (Å²) >= 11 is 0. The molecule has 5 atom stereocenters. The Morgan fingerprint density at radius 3 is 2.00 bits per heavy atom. The van der Waals surface area contributed by atoms with Crippen molar-refractivity contribution in [3.63, 3.8) is 0 Å². The summed E-state index contributed by atoms with van der Waals surface area (Å²) in [6, 6.07) is 15.5. The van der Waals surface area contributed by atoms with Gasteiger partial charge in [-0.3, -0.25) is 0 Å². The number of hydrogen-bond donors (Lipinski definition) is 7. The van der Waals surface area contributed by atoms with Crippen LogP contribution in [0.5, 0.6) is 34.5 Å². The van der Waals surface area contributed by atoms with Crippen LogP contribution in [0.4, 0.5) is 0 Å². The lowest BCUT2D eigenvalue weighted by atomic mass is 9.99. The smallest absolute Gasteiger partial charge is 0.229 e. The normalized spacial score (nSPS) is 24.1. The lowest BCUT2D eigenvalue weighted by Crippen LogP contribution is -2.60. The van der Waals surface area contributed by atoms with Crippen molar-refractivity contribution in [2.24, 2.45) is 0 Å². The molecule has 1 heterocycles. The maximum absolute atomic E-state index is 10.3. The highest BCUT2D eigenvalue weighted by atomic mass is 16.7. The van der Waals surface area contributed by atoms with Gasteiger partial charge in [0.1, 0.15) is 47.4 Å². The zero-order valence-corrected chi connectivity index (χ0v) is 18.9. The first-order valence-corrected chi connectivity index (χ1v) is 11.0. The van der Waals surface area contributed by atoms with E-state index in [-0.39, 0.29) is 23.0 Å². The second kappa shape index (κ2) is 10.9. The fourth-order valence-corrected chi connectivity index (χ4v) is 3.64. The molecule has 1 fully saturated rings. The van der Waals surface area contributed by atoms with Crippen LogP contribution in [0.25, 0.3) is 12.2 Å². The summed E-state index contributed by atoms with van der Waals surface area (Å²) in [4.78, 5) is 0. The molecule has 4 rings (SSSR count). The Bertz CT molecular complexity index is 1190. The van der Waals surface area contributed by atoms with Crippen molar-refractivity contribution in [2.75, 3.05) is 6.61 Å². The van der Waals surface area contributed by atoms with Gasteiger partial charge in [0.2, 0.25) is 6.29 Å². The first kappa shape index (κ1) is 25.3. The van der Waals surface area contributed by atoms with Crippen molar-refractivity contribution in [3.8, 4) is 34.5 Å². The Balaban J connectivity index is 1.39. The predicted molar refractivity (Wildman–Crippen MR) is 128 cm³/mol. The SMILES string of the molecule is OC[C@H]1O[C@@H](Oc2ccc(Oc3ccc(/C=C/c4cc(O)cc(O)c4)cc3)cc2O)[C@H](O)[C@@H](O)[C@@H]1O. The van der Waals surface area contributed by atoms with Crippen molar-refractivity contribution >= 4 is 12.2 Å². The van der Waals surface area contributed by atoms with Crippen LogP contribution in [-0.4, -0.2) is 73.1 Å².